The quantitative estimate of drug-likeness (QED) is 0.358. The number of allylic oxidation sites excluding steroid dienone is 7. The third-order valence-electron chi connectivity index (χ3n) is 5.25. The predicted molar refractivity (Wildman–Crippen MR) is 142 cm³/mol. The molecule has 1 aliphatic rings. The van der Waals surface area contributed by atoms with E-state index in [0.29, 0.717) is 0 Å². The summed E-state index contributed by atoms with van der Waals surface area (Å²) in [7, 11) is 2.16. The number of piperazine rings is 1. The SMILES string of the molecule is C=C(C)/N=C\C(=C/C)C(=C)NC(=C)/C=C\C(=C/C)c1cc(Cl)cc(N2CCN(C)CC2)c1. The molecule has 1 N–H and O–H groups in total. The van der Waals surface area contributed by atoms with E-state index in [1.165, 1.54) is 0 Å². The number of halogens is 1. The fraction of sp³-hybridized carbons (Fsp3) is 0.296. The number of hydrogen-bond donors (Lipinski definition) is 1. The summed E-state index contributed by atoms with van der Waals surface area (Å²) in [6, 6.07) is 6.25. The molecule has 32 heavy (non-hydrogen) atoms. The zero-order chi connectivity index (χ0) is 23.7. The highest BCUT2D eigenvalue weighted by Gasteiger charge is 2.15. The first-order chi connectivity index (χ1) is 15.2. The van der Waals surface area contributed by atoms with E-state index >= 15 is 0 Å². The van der Waals surface area contributed by atoms with Crippen molar-refractivity contribution in [1.82, 2.24) is 10.2 Å². The molecule has 1 fully saturated rings. The third-order valence-corrected chi connectivity index (χ3v) is 5.47. The maximum atomic E-state index is 6.48. The summed E-state index contributed by atoms with van der Waals surface area (Å²) in [5.41, 5.74) is 6.42. The summed E-state index contributed by atoms with van der Waals surface area (Å²) in [6.45, 7) is 21.9. The number of aliphatic imine (C=N–C) groups is 1. The molecule has 0 aliphatic carbocycles. The first-order valence-electron chi connectivity index (χ1n) is 10.8. The van der Waals surface area contributed by atoms with E-state index in [1.54, 1.807) is 6.21 Å². The molecule has 0 amide bonds. The number of likely N-dealkylation sites (N-methyl/N-ethyl adjacent to an activating group) is 1. The van der Waals surface area contributed by atoms with Gasteiger partial charge in [-0.25, -0.2) is 0 Å². The lowest BCUT2D eigenvalue weighted by Crippen LogP contribution is -2.44. The van der Waals surface area contributed by atoms with Gasteiger partial charge in [0.2, 0.25) is 0 Å². The fourth-order valence-electron chi connectivity index (χ4n) is 3.35. The Kier molecular flexibility index (Phi) is 9.76. The van der Waals surface area contributed by atoms with Gasteiger partial charge < -0.3 is 15.1 Å². The molecule has 170 valence electrons. The Balaban J connectivity index is 2.12. The van der Waals surface area contributed by atoms with Crippen molar-refractivity contribution in [3.05, 3.63) is 95.5 Å². The van der Waals surface area contributed by atoms with Crippen LogP contribution in [0.3, 0.4) is 0 Å². The molecule has 1 heterocycles. The topological polar surface area (TPSA) is 30.9 Å². The van der Waals surface area contributed by atoms with Crippen molar-refractivity contribution in [2.45, 2.75) is 20.8 Å². The summed E-state index contributed by atoms with van der Waals surface area (Å²) in [5.74, 6) is 0. The minimum absolute atomic E-state index is 0.731. The van der Waals surface area contributed by atoms with Crippen molar-refractivity contribution in [3.8, 4) is 0 Å². The number of anilines is 1. The van der Waals surface area contributed by atoms with Crippen LogP contribution in [0.25, 0.3) is 5.57 Å². The molecule has 0 bridgehead atoms. The van der Waals surface area contributed by atoms with E-state index in [1.807, 2.05) is 51.1 Å². The number of nitrogens with one attached hydrogen (secondary N) is 1. The first kappa shape index (κ1) is 25.4. The van der Waals surface area contributed by atoms with Crippen molar-refractivity contribution in [1.29, 1.82) is 0 Å². The molecule has 1 aromatic carbocycles. The molecular formula is C27H35ClN4. The molecule has 0 atom stereocenters. The molecule has 0 spiro atoms. The largest absolute Gasteiger partial charge is 0.369 e. The van der Waals surface area contributed by atoms with Crippen LogP contribution in [-0.2, 0) is 0 Å². The van der Waals surface area contributed by atoms with Crippen LogP contribution in [0.4, 0.5) is 5.69 Å². The number of rotatable bonds is 9. The third kappa shape index (κ3) is 7.70. The standard InChI is InChI=1S/C27H35ClN4/c1-8-23(11-10-21(5)30-22(6)24(9-2)19-29-20(3)4)25-16-26(28)18-27(17-25)32-14-12-31(7)13-15-32/h8-11,16-19,30H,3,5-6,12-15H2,1-2,4,7H3/b11-10-,23-8+,24-9+,29-19-. The zero-order valence-electron chi connectivity index (χ0n) is 19.8. The van der Waals surface area contributed by atoms with E-state index in [9.17, 15) is 0 Å². The average Bonchev–Trinajstić information content (AvgIpc) is 2.74. The Morgan fingerprint density at radius 1 is 1.03 bits per heavy atom. The van der Waals surface area contributed by atoms with Crippen LogP contribution >= 0.6 is 11.6 Å². The maximum Gasteiger partial charge on any atom is 0.0432 e. The Morgan fingerprint density at radius 3 is 2.31 bits per heavy atom. The van der Waals surface area contributed by atoms with Gasteiger partial charge in [-0.15, -0.1) is 0 Å². The Morgan fingerprint density at radius 2 is 1.72 bits per heavy atom. The lowest BCUT2D eigenvalue weighted by Gasteiger charge is -2.34. The highest BCUT2D eigenvalue weighted by molar-refractivity contribution is 6.31. The minimum atomic E-state index is 0.731. The molecule has 4 nitrogen and oxygen atoms in total. The van der Waals surface area contributed by atoms with Gasteiger partial charge >= 0.3 is 0 Å². The highest BCUT2D eigenvalue weighted by atomic mass is 35.5. The normalized spacial score (nSPS) is 16.1. The number of benzene rings is 1. The van der Waals surface area contributed by atoms with Crippen LogP contribution in [0.5, 0.6) is 0 Å². The second-order valence-corrected chi connectivity index (χ2v) is 8.37. The van der Waals surface area contributed by atoms with E-state index in [0.717, 1.165) is 70.7 Å². The Bertz CT molecular complexity index is 973. The van der Waals surface area contributed by atoms with Crippen molar-refractivity contribution in [2.24, 2.45) is 4.99 Å². The van der Waals surface area contributed by atoms with E-state index in [4.69, 9.17) is 11.6 Å². The van der Waals surface area contributed by atoms with E-state index < -0.39 is 0 Å². The second-order valence-electron chi connectivity index (χ2n) is 7.93. The zero-order valence-corrected chi connectivity index (χ0v) is 20.5. The summed E-state index contributed by atoms with van der Waals surface area (Å²) in [6.07, 6.45) is 9.76. The predicted octanol–water partition coefficient (Wildman–Crippen LogP) is 6.22. The lowest BCUT2D eigenvalue weighted by atomic mass is 10.0. The van der Waals surface area contributed by atoms with Gasteiger partial charge in [-0.05, 0) is 63.2 Å². The van der Waals surface area contributed by atoms with Gasteiger partial charge in [0, 0.05) is 65.8 Å². The number of nitrogens with zero attached hydrogens (tertiary/aromatic N) is 3. The van der Waals surface area contributed by atoms with Gasteiger partial charge in [0.1, 0.15) is 0 Å². The monoisotopic (exact) mass is 450 g/mol. The molecule has 1 aromatic rings. The van der Waals surface area contributed by atoms with Crippen molar-refractivity contribution in [2.75, 3.05) is 38.1 Å². The van der Waals surface area contributed by atoms with E-state index in [2.05, 4.69) is 59.0 Å². The van der Waals surface area contributed by atoms with Gasteiger partial charge in [0.15, 0.2) is 0 Å². The lowest BCUT2D eigenvalue weighted by molar-refractivity contribution is 0.313. The molecule has 5 heteroatoms. The molecule has 2 rings (SSSR count). The molecule has 0 saturated carbocycles. The van der Waals surface area contributed by atoms with Gasteiger partial charge in [0.25, 0.3) is 0 Å². The van der Waals surface area contributed by atoms with Crippen LogP contribution in [-0.4, -0.2) is 44.3 Å². The molecule has 0 radical (unpaired) electrons. The molecule has 0 aromatic heterocycles. The molecule has 0 unspecified atom stereocenters. The number of hydrogen-bond acceptors (Lipinski definition) is 4. The Labute approximate surface area is 198 Å². The van der Waals surface area contributed by atoms with Crippen molar-refractivity contribution >= 4 is 29.1 Å². The van der Waals surface area contributed by atoms with Crippen LogP contribution in [0.1, 0.15) is 26.3 Å². The maximum absolute atomic E-state index is 6.48. The first-order valence-corrected chi connectivity index (χ1v) is 11.2. The van der Waals surface area contributed by atoms with Crippen LogP contribution in [0, 0.1) is 0 Å². The summed E-state index contributed by atoms with van der Waals surface area (Å²) in [5, 5.41) is 3.97. The van der Waals surface area contributed by atoms with Gasteiger partial charge in [-0.3, -0.25) is 4.99 Å². The van der Waals surface area contributed by atoms with Crippen LogP contribution in [0.15, 0.2) is 89.9 Å². The van der Waals surface area contributed by atoms with Gasteiger partial charge in [-0.2, -0.15) is 0 Å². The smallest absolute Gasteiger partial charge is 0.0432 e. The molecular weight excluding hydrogens is 416 g/mol. The highest BCUT2D eigenvalue weighted by Crippen LogP contribution is 2.28. The second kappa shape index (κ2) is 12.3. The van der Waals surface area contributed by atoms with E-state index in [-0.39, 0.29) is 0 Å². The summed E-state index contributed by atoms with van der Waals surface area (Å²) >= 11 is 6.48. The fourth-order valence-corrected chi connectivity index (χ4v) is 3.58. The van der Waals surface area contributed by atoms with Crippen molar-refractivity contribution in [3.63, 3.8) is 0 Å². The van der Waals surface area contributed by atoms with Crippen LogP contribution < -0.4 is 10.2 Å². The molecule has 1 aliphatic heterocycles. The van der Waals surface area contributed by atoms with Crippen molar-refractivity contribution < 1.29 is 0 Å². The Hall–Kier alpha value is -2.82. The minimum Gasteiger partial charge on any atom is -0.369 e. The summed E-state index contributed by atoms with van der Waals surface area (Å²) in [4.78, 5) is 8.98. The van der Waals surface area contributed by atoms with Gasteiger partial charge in [-0.1, -0.05) is 49.6 Å². The summed E-state index contributed by atoms with van der Waals surface area (Å²) < 4.78 is 0. The van der Waals surface area contributed by atoms with Crippen LogP contribution in [0.2, 0.25) is 5.02 Å². The molecule has 1 saturated heterocycles. The average molecular weight is 451 g/mol. The van der Waals surface area contributed by atoms with Gasteiger partial charge in [0.05, 0.1) is 0 Å².